The summed E-state index contributed by atoms with van der Waals surface area (Å²) in [6.45, 7) is 2.36. The van der Waals surface area contributed by atoms with E-state index in [4.69, 9.17) is 4.74 Å². The first-order valence-corrected chi connectivity index (χ1v) is 8.20. The van der Waals surface area contributed by atoms with E-state index in [0.29, 0.717) is 6.61 Å². The molecule has 1 aromatic heterocycles. The van der Waals surface area contributed by atoms with Crippen LogP contribution in [0.3, 0.4) is 0 Å². The van der Waals surface area contributed by atoms with Crippen LogP contribution in [0, 0.1) is 0 Å². The maximum atomic E-state index is 5.03. The van der Waals surface area contributed by atoms with Gasteiger partial charge in [0.1, 0.15) is 5.51 Å². The fourth-order valence-electron chi connectivity index (χ4n) is 1.48. The first-order valence-electron chi connectivity index (χ1n) is 5.71. The molecule has 2 rings (SSSR count). The molecule has 0 fully saturated rings. The van der Waals surface area contributed by atoms with E-state index >= 15 is 0 Å². The number of nitrogens with one attached hydrogen (secondary N) is 1. The van der Waals surface area contributed by atoms with Gasteiger partial charge in [-0.1, -0.05) is 39.0 Å². The lowest BCUT2D eigenvalue weighted by atomic mass is 10.2. The van der Waals surface area contributed by atoms with Crippen molar-refractivity contribution >= 4 is 39.0 Å². The first-order chi connectivity index (χ1) is 9.29. The molecule has 0 amide bonds. The lowest BCUT2D eigenvalue weighted by Gasteiger charge is -2.09. The zero-order valence-electron chi connectivity index (χ0n) is 10.4. The minimum Gasteiger partial charge on any atom is -0.383 e. The number of ether oxygens (including phenoxy) is 1. The Balaban J connectivity index is 2.04. The van der Waals surface area contributed by atoms with Gasteiger partial charge in [-0.2, -0.15) is 0 Å². The van der Waals surface area contributed by atoms with Gasteiger partial charge in [-0.15, -0.1) is 10.2 Å². The fourth-order valence-corrected chi connectivity index (χ4v) is 3.44. The van der Waals surface area contributed by atoms with Gasteiger partial charge in [0, 0.05) is 29.6 Å². The Hall–Kier alpha value is -0.470. The summed E-state index contributed by atoms with van der Waals surface area (Å²) in [6.07, 6.45) is 0. The third kappa shape index (κ3) is 4.85. The average Bonchev–Trinajstić information content (AvgIpc) is 2.90. The van der Waals surface area contributed by atoms with E-state index in [1.165, 1.54) is 10.5 Å². The number of nitrogens with zero attached hydrogens (tertiary/aromatic N) is 2. The number of benzene rings is 1. The molecule has 0 saturated heterocycles. The van der Waals surface area contributed by atoms with E-state index in [9.17, 15) is 0 Å². The number of hydrogen-bond acceptors (Lipinski definition) is 6. The predicted molar refractivity (Wildman–Crippen MR) is 81.8 cm³/mol. The Morgan fingerprint density at radius 1 is 1.47 bits per heavy atom. The van der Waals surface area contributed by atoms with Gasteiger partial charge in [-0.05, 0) is 23.8 Å². The molecule has 102 valence electrons. The molecular formula is C12H14BrN3OS2. The summed E-state index contributed by atoms with van der Waals surface area (Å²) in [6, 6.07) is 6.27. The van der Waals surface area contributed by atoms with Crippen LogP contribution in [0.4, 0.5) is 0 Å². The highest BCUT2D eigenvalue weighted by molar-refractivity contribution is 9.10. The monoisotopic (exact) mass is 359 g/mol. The van der Waals surface area contributed by atoms with Gasteiger partial charge in [0.2, 0.25) is 0 Å². The van der Waals surface area contributed by atoms with Gasteiger partial charge in [0.05, 0.1) is 6.61 Å². The van der Waals surface area contributed by atoms with Crippen LogP contribution in [0.25, 0.3) is 0 Å². The molecule has 0 radical (unpaired) electrons. The Bertz CT molecular complexity index is 508. The van der Waals surface area contributed by atoms with E-state index in [1.807, 2.05) is 6.07 Å². The first kappa shape index (κ1) is 14.9. The van der Waals surface area contributed by atoms with E-state index in [1.54, 1.807) is 35.7 Å². The quantitative estimate of drug-likeness (QED) is 0.769. The lowest BCUT2D eigenvalue weighted by Crippen LogP contribution is -2.18. The van der Waals surface area contributed by atoms with Gasteiger partial charge < -0.3 is 10.1 Å². The molecule has 2 aromatic rings. The predicted octanol–water partition coefficient (Wildman–Crippen LogP) is 3.19. The van der Waals surface area contributed by atoms with Crippen molar-refractivity contribution in [3.8, 4) is 0 Å². The summed E-state index contributed by atoms with van der Waals surface area (Å²) in [7, 11) is 1.71. The molecule has 1 N–H and O–H groups in total. The van der Waals surface area contributed by atoms with E-state index < -0.39 is 0 Å². The normalized spacial score (nSPS) is 10.8. The second-order valence-electron chi connectivity index (χ2n) is 3.73. The van der Waals surface area contributed by atoms with Gasteiger partial charge in [0.25, 0.3) is 0 Å². The van der Waals surface area contributed by atoms with Crippen molar-refractivity contribution in [3.05, 3.63) is 33.7 Å². The number of rotatable bonds is 7. The summed E-state index contributed by atoms with van der Waals surface area (Å²) < 4.78 is 7.07. The Morgan fingerprint density at radius 2 is 2.37 bits per heavy atom. The fraction of sp³-hybridized carbons (Fsp3) is 0.333. The number of hydrogen-bond donors (Lipinski definition) is 1. The van der Waals surface area contributed by atoms with Gasteiger partial charge in [-0.25, -0.2) is 0 Å². The summed E-state index contributed by atoms with van der Waals surface area (Å²) in [5, 5.41) is 11.3. The molecule has 19 heavy (non-hydrogen) atoms. The van der Waals surface area contributed by atoms with Crippen LogP contribution in [-0.2, 0) is 11.3 Å². The Kier molecular flexibility index (Phi) is 6.25. The topological polar surface area (TPSA) is 47.0 Å². The van der Waals surface area contributed by atoms with Crippen molar-refractivity contribution in [2.75, 3.05) is 20.3 Å². The molecule has 0 aliphatic rings. The molecular weight excluding hydrogens is 346 g/mol. The van der Waals surface area contributed by atoms with Crippen molar-refractivity contribution in [1.29, 1.82) is 0 Å². The Labute approximate surface area is 129 Å². The molecule has 0 aliphatic heterocycles. The summed E-state index contributed by atoms with van der Waals surface area (Å²) >= 11 is 6.71. The second-order valence-corrected chi connectivity index (χ2v) is 6.77. The smallest absolute Gasteiger partial charge is 0.178 e. The minimum absolute atomic E-state index is 0.715. The second kappa shape index (κ2) is 7.96. The molecule has 0 atom stereocenters. The number of methoxy groups -OCH3 is 1. The molecule has 1 heterocycles. The SMILES string of the molecule is COCCNCc1cc(Br)ccc1Sc1nncs1. The van der Waals surface area contributed by atoms with E-state index in [0.717, 1.165) is 21.9 Å². The van der Waals surface area contributed by atoms with Crippen molar-refractivity contribution in [1.82, 2.24) is 15.5 Å². The van der Waals surface area contributed by atoms with Crippen LogP contribution in [0.15, 0.2) is 37.4 Å². The van der Waals surface area contributed by atoms with Crippen molar-refractivity contribution < 1.29 is 4.74 Å². The van der Waals surface area contributed by atoms with Crippen LogP contribution in [0.1, 0.15) is 5.56 Å². The van der Waals surface area contributed by atoms with Crippen LogP contribution in [0.5, 0.6) is 0 Å². The van der Waals surface area contributed by atoms with E-state index in [-0.39, 0.29) is 0 Å². The van der Waals surface area contributed by atoms with Crippen LogP contribution < -0.4 is 5.32 Å². The molecule has 7 heteroatoms. The van der Waals surface area contributed by atoms with Crippen LogP contribution >= 0.6 is 39.0 Å². The van der Waals surface area contributed by atoms with Crippen molar-refractivity contribution in [3.63, 3.8) is 0 Å². The zero-order valence-corrected chi connectivity index (χ0v) is 13.6. The molecule has 0 spiro atoms. The standard InChI is InChI=1S/C12H14BrN3OS2/c1-17-5-4-14-7-9-6-10(13)2-3-11(9)19-12-16-15-8-18-12/h2-3,6,8,14H,4-5,7H2,1H3. The molecule has 0 bridgehead atoms. The van der Waals surface area contributed by atoms with Crippen molar-refractivity contribution in [2.24, 2.45) is 0 Å². The van der Waals surface area contributed by atoms with E-state index in [2.05, 4.69) is 43.6 Å². The Morgan fingerprint density at radius 3 is 3.11 bits per heavy atom. The molecule has 1 aromatic carbocycles. The highest BCUT2D eigenvalue weighted by Crippen LogP contribution is 2.32. The zero-order chi connectivity index (χ0) is 13.5. The molecule has 0 unspecified atom stereocenters. The average molecular weight is 360 g/mol. The summed E-state index contributed by atoms with van der Waals surface area (Å²) in [5.74, 6) is 0. The molecule has 4 nitrogen and oxygen atoms in total. The van der Waals surface area contributed by atoms with Gasteiger partial charge in [0.15, 0.2) is 4.34 Å². The highest BCUT2D eigenvalue weighted by Gasteiger charge is 2.07. The highest BCUT2D eigenvalue weighted by atomic mass is 79.9. The van der Waals surface area contributed by atoms with Crippen LogP contribution in [-0.4, -0.2) is 30.5 Å². The van der Waals surface area contributed by atoms with Crippen molar-refractivity contribution in [2.45, 2.75) is 15.8 Å². The summed E-state index contributed by atoms with van der Waals surface area (Å²) in [5.41, 5.74) is 2.99. The molecule has 0 aliphatic carbocycles. The lowest BCUT2D eigenvalue weighted by molar-refractivity contribution is 0.199. The molecule has 0 saturated carbocycles. The minimum atomic E-state index is 0.715. The van der Waals surface area contributed by atoms with Crippen LogP contribution in [0.2, 0.25) is 0 Å². The maximum Gasteiger partial charge on any atom is 0.178 e. The van der Waals surface area contributed by atoms with Gasteiger partial charge in [-0.3, -0.25) is 0 Å². The third-order valence-corrected chi connectivity index (χ3v) is 4.75. The van der Waals surface area contributed by atoms with Gasteiger partial charge >= 0.3 is 0 Å². The summed E-state index contributed by atoms with van der Waals surface area (Å²) in [4.78, 5) is 1.20. The maximum absolute atomic E-state index is 5.03. The third-order valence-electron chi connectivity index (χ3n) is 2.36. The number of halogens is 1. The largest absolute Gasteiger partial charge is 0.383 e. The number of aromatic nitrogens is 2.